The van der Waals surface area contributed by atoms with Crippen LogP contribution in [0.1, 0.15) is 0 Å². The summed E-state index contributed by atoms with van der Waals surface area (Å²) in [5.41, 5.74) is -0.207. The van der Waals surface area contributed by atoms with Gasteiger partial charge in [-0.3, -0.25) is 14.9 Å². The topological polar surface area (TPSA) is 87.3 Å². The number of nitro groups is 1. The first-order valence-electron chi connectivity index (χ1n) is 4.72. The molecule has 2 rings (SSSR count). The smallest absolute Gasteiger partial charge is 0.311 e. The monoisotopic (exact) mass is 235 g/mol. The summed E-state index contributed by atoms with van der Waals surface area (Å²) in [7, 11) is 2.86. The maximum Gasteiger partial charge on any atom is 0.311 e. The van der Waals surface area contributed by atoms with Crippen molar-refractivity contribution in [3.8, 4) is 5.75 Å². The van der Waals surface area contributed by atoms with Crippen LogP contribution in [0.4, 0.5) is 5.69 Å². The molecule has 0 aliphatic rings. The minimum Gasteiger partial charge on any atom is -0.490 e. The van der Waals surface area contributed by atoms with Gasteiger partial charge < -0.3 is 9.30 Å². The highest BCUT2D eigenvalue weighted by atomic mass is 16.6. The molecule has 0 spiro atoms. The molecule has 0 amide bonds. The highest BCUT2D eigenvalue weighted by molar-refractivity contribution is 5.82. The second-order valence-electron chi connectivity index (χ2n) is 3.46. The summed E-state index contributed by atoms with van der Waals surface area (Å²) in [6.07, 6.45) is 1.36. The van der Waals surface area contributed by atoms with Crippen LogP contribution in [0.3, 0.4) is 0 Å². The summed E-state index contributed by atoms with van der Waals surface area (Å²) in [6.45, 7) is 0. The lowest BCUT2D eigenvalue weighted by atomic mass is 10.2. The van der Waals surface area contributed by atoms with Gasteiger partial charge in [-0.25, -0.2) is 4.98 Å². The highest BCUT2D eigenvalue weighted by Crippen LogP contribution is 2.29. The number of ether oxygens (including phenoxy) is 1. The number of nitrogens with zero attached hydrogens (tertiary/aromatic N) is 3. The van der Waals surface area contributed by atoms with E-state index in [0.29, 0.717) is 5.52 Å². The van der Waals surface area contributed by atoms with Gasteiger partial charge in [0, 0.05) is 19.2 Å². The molecule has 1 aromatic carbocycles. The van der Waals surface area contributed by atoms with Crippen molar-refractivity contribution in [1.82, 2.24) is 9.55 Å². The van der Waals surface area contributed by atoms with Gasteiger partial charge in [0.15, 0.2) is 5.75 Å². The number of hydrogen-bond donors (Lipinski definition) is 0. The molecule has 0 aliphatic heterocycles. The molecule has 17 heavy (non-hydrogen) atoms. The average molecular weight is 235 g/mol. The van der Waals surface area contributed by atoms with Crippen LogP contribution in [0.5, 0.6) is 5.75 Å². The van der Waals surface area contributed by atoms with Crippen LogP contribution < -0.4 is 10.3 Å². The van der Waals surface area contributed by atoms with Crippen molar-refractivity contribution in [3.63, 3.8) is 0 Å². The Balaban J connectivity index is 2.89. The van der Waals surface area contributed by atoms with Crippen LogP contribution in [0.25, 0.3) is 10.9 Å². The van der Waals surface area contributed by atoms with Crippen molar-refractivity contribution >= 4 is 16.6 Å². The minimum atomic E-state index is -0.593. The van der Waals surface area contributed by atoms with Gasteiger partial charge in [-0.05, 0) is 0 Å². The zero-order valence-electron chi connectivity index (χ0n) is 9.21. The predicted molar refractivity (Wildman–Crippen MR) is 60.2 cm³/mol. The van der Waals surface area contributed by atoms with E-state index in [1.807, 2.05) is 0 Å². The van der Waals surface area contributed by atoms with E-state index in [-0.39, 0.29) is 22.4 Å². The lowest BCUT2D eigenvalue weighted by Gasteiger charge is -2.04. The van der Waals surface area contributed by atoms with Gasteiger partial charge >= 0.3 is 5.69 Å². The summed E-state index contributed by atoms with van der Waals surface area (Å²) in [4.78, 5) is 26.0. The van der Waals surface area contributed by atoms with E-state index in [2.05, 4.69) is 4.98 Å². The summed E-state index contributed by atoms with van der Waals surface area (Å²) in [5, 5.41) is 11.0. The van der Waals surface area contributed by atoms with E-state index in [9.17, 15) is 14.9 Å². The van der Waals surface area contributed by atoms with Crippen LogP contribution in [0.15, 0.2) is 23.3 Å². The summed E-state index contributed by atoms with van der Waals surface area (Å²) in [5.74, 6) is 0.0863. The standard InChI is InChI=1S/C10H9N3O4/c1-12-5-11-7-4-9(17-2)8(13(15)16)3-6(7)10(12)14/h3-5H,1-2H3. The maximum absolute atomic E-state index is 11.8. The Morgan fingerprint density at radius 3 is 2.76 bits per heavy atom. The maximum atomic E-state index is 11.8. The van der Waals surface area contributed by atoms with Gasteiger partial charge in [0.05, 0.1) is 29.3 Å². The fourth-order valence-electron chi connectivity index (χ4n) is 1.53. The summed E-state index contributed by atoms with van der Waals surface area (Å²) in [6, 6.07) is 2.57. The van der Waals surface area contributed by atoms with Crippen molar-refractivity contribution in [2.24, 2.45) is 7.05 Å². The molecule has 0 atom stereocenters. The number of aryl methyl sites for hydroxylation is 1. The fourth-order valence-corrected chi connectivity index (χ4v) is 1.53. The van der Waals surface area contributed by atoms with Gasteiger partial charge in [0.2, 0.25) is 0 Å². The van der Waals surface area contributed by atoms with Crippen LogP contribution in [-0.2, 0) is 7.05 Å². The molecule has 2 aromatic rings. The fraction of sp³-hybridized carbons (Fsp3) is 0.200. The van der Waals surface area contributed by atoms with E-state index in [1.54, 1.807) is 0 Å². The SMILES string of the molecule is COc1cc2ncn(C)c(=O)c2cc1[N+](=O)[O-]. The van der Waals surface area contributed by atoms with Crippen molar-refractivity contribution in [3.05, 3.63) is 38.9 Å². The van der Waals surface area contributed by atoms with Gasteiger partial charge in [-0.15, -0.1) is 0 Å². The van der Waals surface area contributed by atoms with E-state index >= 15 is 0 Å². The Morgan fingerprint density at radius 1 is 1.47 bits per heavy atom. The highest BCUT2D eigenvalue weighted by Gasteiger charge is 2.17. The van der Waals surface area contributed by atoms with Crippen LogP contribution in [-0.4, -0.2) is 21.6 Å². The zero-order valence-corrected chi connectivity index (χ0v) is 9.21. The normalized spacial score (nSPS) is 10.5. The molecular formula is C10H9N3O4. The van der Waals surface area contributed by atoms with Gasteiger partial charge in [0.1, 0.15) is 0 Å². The molecule has 88 valence electrons. The molecule has 0 bridgehead atoms. The Morgan fingerprint density at radius 2 is 2.18 bits per heavy atom. The number of nitro benzene ring substituents is 1. The number of benzene rings is 1. The number of rotatable bonds is 2. The Kier molecular flexibility index (Phi) is 2.51. The quantitative estimate of drug-likeness (QED) is 0.568. The zero-order chi connectivity index (χ0) is 12.6. The van der Waals surface area contributed by atoms with Crippen molar-refractivity contribution in [1.29, 1.82) is 0 Å². The van der Waals surface area contributed by atoms with E-state index in [1.165, 1.54) is 37.2 Å². The molecule has 0 N–H and O–H groups in total. The summed E-state index contributed by atoms with van der Waals surface area (Å²) < 4.78 is 6.16. The second kappa shape index (κ2) is 3.85. The number of methoxy groups -OCH3 is 1. The Labute approximate surface area is 95.4 Å². The average Bonchev–Trinajstić information content (AvgIpc) is 2.32. The molecule has 0 aliphatic carbocycles. The molecule has 0 radical (unpaired) electrons. The third kappa shape index (κ3) is 1.71. The Hall–Kier alpha value is -2.44. The predicted octanol–water partition coefficient (Wildman–Crippen LogP) is 0.850. The number of fused-ring (bicyclic) bond motifs is 1. The molecule has 7 nitrogen and oxygen atoms in total. The third-order valence-corrected chi connectivity index (χ3v) is 2.41. The molecule has 0 fully saturated rings. The van der Waals surface area contributed by atoms with Crippen molar-refractivity contribution in [2.45, 2.75) is 0 Å². The van der Waals surface area contributed by atoms with Gasteiger partial charge in [-0.2, -0.15) is 0 Å². The first-order valence-corrected chi connectivity index (χ1v) is 4.72. The largest absolute Gasteiger partial charge is 0.490 e. The lowest BCUT2D eigenvalue weighted by Crippen LogP contribution is -2.17. The molecule has 1 aromatic heterocycles. The van der Waals surface area contributed by atoms with E-state index in [0.717, 1.165) is 0 Å². The second-order valence-corrected chi connectivity index (χ2v) is 3.46. The molecular weight excluding hydrogens is 226 g/mol. The molecule has 0 unspecified atom stereocenters. The number of aromatic nitrogens is 2. The van der Waals surface area contributed by atoms with Crippen LogP contribution >= 0.6 is 0 Å². The van der Waals surface area contributed by atoms with E-state index in [4.69, 9.17) is 4.74 Å². The molecule has 0 saturated heterocycles. The number of hydrogen-bond acceptors (Lipinski definition) is 5. The lowest BCUT2D eigenvalue weighted by molar-refractivity contribution is -0.385. The van der Waals surface area contributed by atoms with Crippen molar-refractivity contribution in [2.75, 3.05) is 7.11 Å². The first kappa shape index (κ1) is 11.1. The van der Waals surface area contributed by atoms with Gasteiger partial charge in [0.25, 0.3) is 5.56 Å². The molecule has 7 heteroatoms. The van der Waals surface area contributed by atoms with Crippen molar-refractivity contribution < 1.29 is 9.66 Å². The van der Waals surface area contributed by atoms with Gasteiger partial charge in [-0.1, -0.05) is 0 Å². The third-order valence-electron chi connectivity index (χ3n) is 2.41. The molecule has 0 saturated carbocycles. The first-order chi connectivity index (χ1) is 8.04. The molecule has 1 heterocycles. The van der Waals surface area contributed by atoms with Crippen LogP contribution in [0.2, 0.25) is 0 Å². The Bertz CT molecular complexity index is 662. The van der Waals surface area contributed by atoms with E-state index < -0.39 is 4.92 Å². The summed E-state index contributed by atoms with van der Waals surface area (Å²) >= 11 is 0. The minimum absolute atomic E-state index is 0.0863. The van der Waals surface area contributed by atoms with Crippen LogP contribution in [0, 0.1) is 10.1 Å².